The molecular weight excluding hydrogens is 350 g/mol. The summed E-state index contributed by atoms with van der Waals surface area (Å²) in [7, 11) is -2.37. The molecule has 26 heavy (non-hydrogen) atoms. The van der Waals surface area contributed by atoms with Gasteiger partial charge < -0.3 is 13.9 Å². The third kappa shape index (κ3) is 3.70. The summed E-state index contributed by atoms with van der Waals surface area (Å²) in [6, 6.07) is 10.7. The SMILES string of the molecule is CCCCc1cc(C)ccc1S(=O)(=O)Oc1c[nH]c2ccc(OC)cc12. The van der Waals surface area contributed by atoms with Crippen LogP contribution in [-0.4, -0.2) is 20.5 Å². The lowest BCUT2D eigenvalue weighted by atomic mass is 10.1. The first-order valence-electron chi connectivity index (χ1n) is 8.63. The number of nitrogens with one attached hydrogen (secondary N) is 1. The van der Waals surface area contributed by atoms with Crippen LogP contribution in [0.15, 0.2) is 47.5 Å². The molecule has 0 amide bonds. The second-order valence-electron chi connectivity index (χ2n) is 6.32. The minimum absolute atomic E-state index is 0.230. The van der Waals surface area contributed by atoms with E-state index in [0.29, 0.717) is 17.6 Å². The van der Waals surface area contributed by atoms with E-state index in [2.05, 4.69) is 11.9 Å². The van der Waals surface area contributed by atoms with Crippen LogP contribution in [0.1, 0.15) is 30.9 Å². The van der Waals surface area contributed by atoms with Crippen molar-refractivity contribution >= 4 is 21.0 Å². The maximum atomic E-state index is 12.9. The van der Waals surface area contributed by atoms with Crippen LogP contribution >= 0.6 is 0 Å². The molecule has 1 aromatic heterocycles. The van der Waals surface area contributed by atoms with E-state index >= 15 is 0 Å². The number of aromatic amines is 1. The smallest absolute Gasteiger partial charge is 0.339 e. The average molecular weight is 373 g/mol. The second kappa shape index (κ2) is 7.41. The lowest BCUT2D eigenvalue weighted by Crippen LogP contribution is -2.12. The summed E-state index contributed by atoms with van der Waals surface area (Å²) in [6.45, 7) is 4.04. The Bertz CT molecular complexity index is 1020. The lowest BCUT2D eigenvalue weighted by molar-refractivity contribution is 0.415. The molecule has 0 aliphatic carbocycles. The molecule has 0 unspecified atom stereocenters. The quantitative estimate of drug-likeness (QED) is 0.615. The molecule has 138 valence electrons. The Morgan fingerprint density at radius 2 is 1.92 bits per heavy atom. The summed E-state index contributed by atoms with van der Waals surface area (Å²) in [5.74, 6) is 0.902. The van der Waals surface area contributed by atoms with Gasteiger partial charge in [-0.15, -0.1) is 0 Å². The number of H-pyrrole nitrogens is 1. The van der Waals surface area contributed by atoms with Crippen LogP contribution in [0.3, 0.4) is 0 Å². The van der Waals surface area contributed by atoms with Gasteiger partial charge >= 0.3 is 10.1 Å². The standard InChI is InChI=1S/C20H23NO4S/c1-4-5-6-15-11-14(2)7-10-20(15)26(22,23)25-19-13-21-18-9-8-16(24-3)12-17(18)19/h7-13,21H,4-6H2,1-3H3. The Morgan fingerprint density at radius 3 is 2.65 bits per heavy atom. The minimum Gasteiger partial charge on any atom is -0.497 e. The van der Waals surface area contributed by atoms with Crippen molar-refractivity contribution in [1.29, 1.82) is 0 Å². The second-order valence-corrected chi connectivity index (χ2v) is 7.83. The average Bonchev–Trinajstić information content (AvgIpc) is 3.01. The molecule has 0 spiro atoms. The third-order valence-electron chi connectivity index (χ3n) is 4.34. The van der Waals surface area contributed by atoms with Gasteiger partial charge in [-0.2, -0.15) is 8.42 Å². The van der Waals surface area contributed by atoms with Crippen LogP contribution in [0.5, 0.6) is 11.5 Å². The molecule has 0 saturated carbocycles. The van der Waals surface area contributed by atoms with Crippen LogP contribution in [0.25, 0.3) is 10.9 Å². The van der Waals surface area contributed by atoms with Crippen molar-refractivity contribution < 1.29 is 17.3 Å². The fourth-order valence-electron chi connectivity index (χ4n) is 2.95. The van der Waals surface area contributed by atoms with Crippen molar-refractivity contribution in [3.05, 3.63) is 53.7 Å². The van der Waals surface area contributed by atoms with Gasteiger partial charge in [-0.25, -0.2) is 0 Å². The van der Waals surface area contributed by atoms with Crippen molar-refractivity contribution in [2.45, 2.75) is 38.0 Å². The van der Waals surface area contributed by atoms with E-state index in [1.54, 1.807) is 37.6 Å². The van der Waals surface area contributed by atoms with Gasteiger partial charge in [-0.1, -0.05) is 31.0 Å². The van der Waals surface area contributed by atoms with Gasteiger partial charge in [0.1, 0.15) is 10.6 Å². The van der Waals surface area contributed by atoms with E-state index in [4.69, 9.17) is 8.92 Å². The van der Waals surface area contributed by atoms with Crippen LogP contribution in [0.2, 0.25) is 0 Å². The number of aryl methyl sites for hydroxylation is 2. The Labute approximate surface area is 154 Å². The fourth-order valence-corrected chi connectivity index (χ4v) is 4.13. The number of fused-ring (bicyclic) bond motifs is 1. The summed E-state index contributed by atoms with van der Waals surface area (Å²) in [6.07, 6.45) is 4.19. The summed E-state index contributed by atoms with van der Waals surface area (Å²) in [5.41, 5.74) is 2.61. The molecule has 0 aliphatic heterocycles. The van der Waals surface area contributed by atoms with Gasteiger partial charge in [0.15, 0.2) is 5.75 Å². The number of benzene rings is 2. The fraction of sp³-hybridized carbons (Fsp3) is 0.300. The Kier molecular flexibility index (Phi) is 5.23. The number of aromatic nitrogens is 1. The highest BCUT2D eigenvalue weighted by Crippen LogP contribution is 2.32. The number of rotatable bonds is 7. The summed E-state index contributed by atoms with van der Waals surface area (Å²) < 4.78 is 36.6. The maximum Gasteiger partial charge on any atom is 0.339 e. The molecule has 3 rings (SSSR count). The molecular formula is C20H23NO4S. The van der Waals surface area contributed by atoms with Gasteiger partial charge in [0.2, 0.25) is 0 Å². The predicted molar refractivity (Wildman–Crippen MR) is 102 cm³/mol. The summed E-state index contributed by atoms with van der Waals surface area (Å²) in [5, 5.41) is 0.662. The van der Waals surface area contributed by atoms with Crippen LogP contribution < -0.4 is 8.92 Å². The van der Waals surface area contributed by atoms with Gasteiger partial charge in [0.05, 0.1) is 7.11 Å². The molecule has 6 heteroatoms. The molecule has 0 bridgehead atoms. The number of hydrogen-bond acceptors (Lipinski definition) is 4. The predicted octanol–water partition coefficient (Wildman–Crippen LogP) is 4.60. The zero-order valence-corrected chi connectivity index (χ0v) is 16.0. The number of ether oxygens (including phenoxy) is 1. The lowest BCUT2D eigenvalue weighted by Gasteiger charge is -2.12. The molecule has 0 radical (unpaired) electrons. The first-order valence-corrected chi connectivity index (χ1v) is 10.0. The zero-order valence-electron chi connectivity index (χ0n) is 15.2. The van der Waals surface area contributed by atoms with Crippen molar-refractivity contribution in [3.8, 4) is 11.5 Å². The van der Waals surface area contributed by atoms with Crippen molar-refractivity contribution in [3.63, 3.8) is 0 Å². The van der Waals surface area contributed by atoms with Crippen molar-refractivity contribution in [2.24, 2.45) is 0 Å². The summed E-state index contributed by atoms with van der Waals surface area (Å²) >= 11 is 0. The molecule has 0 aliphatic rings. The van der Waals surface area contributed by atoms with E-state index in [0.717, 1.165) is 29.5 Å². The zero-order chi connectivity index (χ0) is 18.7. The highest BCUT2D eigenvalue weighted by atomic mass is 32.2. The van der Waals surface area contributed by atoms with E-state index < -0.39 is 10.1 Å². The van der Waals surface area contributed by atoms with E-state index in [1.165, 1.54) is 0 Å². The molecule has 0 atom stereocenters. The topological polar surface area (TPSA) is 68.4 Å². The van der Waals surface area contributed by atoms with Crippen LogP contribution in [-0.2, 0) is 16.5 Å². The van der Waals surface area contributed by atoms with E-state index in [9.17, 15) is 8.42 Å². The highest BCUT2D eigenvalue weighted by Gasteiger charge is 2.22. The van der Waals surface area contributed by atoms with Crippen molar-refractivity contribution in [1.82, 2.24) is 4.98 Å². The molecule has 1 N–H and O–H groups in total. The molecule has 1 heterocycles. The van der Waals surface area contributed by atoms with Gasteiger partial charge in [-0.3, -0.25) is 0 Å². The Balaban J connectivity index is 1.99. The van der Waals surface area contributed by atoms with Crippen LogP contribution in [0, 0.1) is 6.92 Å². The van der Waals surface area contributed by atoms with E-state index in [1.807, 2.05) is 19.1 Å². The first-order chi connectivity index (χ1) is 12.4. The van der Waals surface area contributed by atoms with E-state index in [-0.39, 0.29) is 10.6 Å². The summed E-state index contributed by atoms with van der Waals surface area (Å²) in [4.78, 5) is 3.26. The molecule has 0 saturated heterocycles. The largest absolute Gasteiger partial charge is 0.497 e. The normalized spacial score (nSPS) is 11.7. The van der Waals surface area contributed by atoms with Gasteiger partial charge in [0.25, 0.3) is 0 Å². The monoisotopic (exact) mass is 373 g/mol. The van der Waals surface area contributed by atoms with Gasteiger partial charge in [0, 0.05) is 17.1 Å². The van der Waals surface area contributed by atoms with Crippen LogP contribution in [0.4, 0.5) is 0 Å². The minimum atomic E-state index is -3.93. The molecule has 3 aromatic rings. The molecule has 2 aromatic carbocycles. The number of hydrogen-bond donors (Lipinski definition) is 1. The third-order valence-corrected chi connectivity index (χ3v) is 5.67. The van der Waals surface area contributed by atoms with Gasteiger partial charge in [-0.05, 0) is 49.6 Å². The number of methoxy groups -OCH3 is 1. The first kappa shape index (κ1) is 18.3. The maximum absolute atomic E-state index is 12.9. The number of unbranched alkanes of at least 4 members (excludes halogenated alkanes) is 1. The Morgan fingerprint density at radius 1 is 1.12 bits per heavy atom. The van der Waals surface area contributed by atoms with Crippen molar-refractivity contribution in [2.75, 3.05) is 7.11 Å². The highest BCUT2D eigenvalue weighted by molar-refractivity contribution is 7.87. The molecule has 5 nitrogen and oxygen atoms in total. The Hall–Kier alpha value is -2.47. The molecule has 0 fully saturated rings.